The van der Waals surface area contributed by atoms with Crippen LogP contribution >= 0.6 is 0 Å². The second kappa shape index (κ2) is 6.47. The second-order valence-corrected chi connectivity index (χ2v) is 5.86. The van der Waals surface area contributed by atoms with Gasteiger partial charge in [0.25, 0.3) is 11.5 Å². The number of nitrogens with zero attached hydrogens (tertiary/aromatic N) is 1. The molecule has 1 unspecified atom stereocenters. The molecule has 0 bridgehead atoms. The Labute approximate surface area is 142 Å². The number of halogens is 2. The summed E-state index contributed by atoms with van der Waals surface area (Å²) in [6.07, 6.45) is 0. The molecule has 0 radical (unpaired) electrons. The number of aromatic nitrogens is 1. The lowest BCUT2D eigenvalue weighted by Crippen LogP contribution is -2.31. The fourth-order valence-electron chi connectivity index (χ4n) is 2.69. The van der Waals surface area contributed by atoms with Crippen LogP contribution in [0.5, 0.6) is 0 Å². The molecule has 0 fully saturated rings. The fourth-order valence-corrected chi connectivity index (χ4v) is 2.69. The molecule has 128 valence electrons. The van der Waals surface area contributed by atoms with Gasteiger partial charge in [0.15, 0.2) is 11.6 Å². The molecular formula is C19H16F2N2O2. The molecule has 0 saturated heterocycles. The normalized spacial score (nSPS) is 12.2. The zero-order valence-corrected chi connectivity index (χ0v) is 13.7. The van der Waals surface area contributed by atoms with Gasteiger partial charge in [-0.25, -0.2) is 8.78 Å². The number of rotatable bonds is 3. The highest BCUT2D eigenvalue weighted by molar-refractivity contribution is 5.96. The summed E-state index contributed by atoms with van der Waals surface area (Å²) in [6, 6.07) is 11.6. The molecular weight excluding hydrogens is 326 g/mol. The van der Waals surface area contributed by atoms with Crippen molar-refractivity contribution >= 4 is 16.7 Å². The minimum absolute atomic E-state index is 0.139. The van der Waals surface area contributed by atoms with Gasteiger partial charge in [0.05, 0.1) is 6.04 Å². The van der Waals surface area contributed by atoms with E-state index < -0.39 is 23.6 Å². The van der Waals surface area contributed by atoms with Crippen LogP contribution in [0.15, 0.2) is 53.3 Å². The van der Waals surface area contributed by atoms with E-state index in [9.17, 15) is 18.4 Å². The molecule has 4 nitrogen and oxygen atoms in total. The van der Waals surface area contributed by atoms with Crippen molar-refractivity contribution in [3.05, 3.63) is 81.8 Å². The van der Waals surface area contributed by atoms with E-state index in [0.717, 1.165) is 12.1 Å². The molecule has 0 aliphatic carbocycles. The van der Waals surface area contributed by atoms with Crippen molar-refractivity contribution in [2.24, 2.45) is 0 Å². The maximum absolute atomic E-state index is 13.4. The van der Waals surface area contributed by atoms with Crippen LogP contribution in [0.2, 0.25) is 0 Å². The molecule has 3 aromatic rings. The summed E-state index contributed by atoms with van der Waals surface area (Å²) in [7, 11) is 1.54. The molecule has 1 N–H and O–H groups in total. The topological polar surface area (TPSA) is 53.2 Å². The molecule has 1 atom stereocenters. The molecule has 1 heterocycles. The fraction of sp³-hybridized carbons (Fsp3) is 0.158. The van der Waals surface area contributed by atoms with Crippen LogP contribution in [0.4, 0.5) is 8.78 Å². The number of amides is 1. The van der Waals surface area contributed by atoms with Crippen molar-refractivity contribution < 1.29 is 13.6 Å². The first-order chi connectivity index (χ1) is 11.9. The van der Waals surface area contributed by atoms with Crippen LogP contribution in [-0.2, 0) is 0 Å². The van der Waals surface area contributed by atoms with Gasteiger partial charge >= 0.3 is 0 Å². The Morgan fingerprint density at radius 3 is 2.52 bits per heavy atom. The Kier molecular flexibility index (Phi) is 4.35. The van der Waals surface area contributed by atoms with Crippen LogP contribution in [0.1, 0.15) is 29.0 Å². The Morgan fingerprint density at radius 1 is 1.08 bits per heavy atom. The summed E-state index contributed by atoms with van der Waals surface area (Å²) in [5, 5.41) is 1.15. The highest BCUT2D eigenvalue weighted by atomic mass is 19.2. The van der Waals surface area contributed by atoms with Crippen molar-refractivity contribution in [2.75, 3.05) is 7.05 Å². The number of carbonyl (C=O) groups excluding carboxylic acids is 1. The van der Waals surface area contributed by atoms with Crippen molar-refractivity contribution in [3.8, 4) is 0 Å². The SMILES string of the molecule is CC(c1ccc(F)c(F)c1)N(C)C(=O)c1cc2ccccc2c(=O)[nH]1. The Hall–Kier alpha value is -3.02. The van der Waals surface area contributed by atoms with E-state index in [1.54, 1.807) is 44.3 Å². The summed E-state index contributed by atoms with van der Waals surface area (Å²) in [4.78, 5) is 28.8. The van der Waals surface area contributed by atoms with E-state index in [-0.39, 0.29) is 11.3 Å². The molecule has 25 heavy (non-hydrogen) atoms. The number of fused-ring (bicyclic) bond motifs is 1. The van der Waals surface area contributed by atoms with Crippen LogP contribution in [0.3, 0.4) is 0 Å². The third-order valence-corrected chi connectivity index (χ3v) is 4.31. The lowest BCUT2D eigenvalue weighted by molar-refractivity contribution is 0.0736. The molecule has 2 aromatic carbocycles. The number of hydrogen-bond donors (Lipinski definition) is 1. The van der Waals surface area contributed by atoms with Crippen molar-refractivity contribution in [3.63, 3.8) is 0 Å². The molecule has 1 aromatic heterocycles. The van der Waals surface area contributed by atoms with Crippen molar-refractivity contribution in [1.29, 1.82) is 0 Å². The van der Waals surface area contributed by atoms with E-state index in [1.807, 2.05) is 0 Å². The number of benzene rings is 2. The smallest absolute Gasteiger partial charge is 0.270 e. The summed E-state index contributed by atoms with van der Waals surface area (Å²) in [5.41, 5.74) is 0.244. The molecule has 3 rings (SSSR count). The largest absolute Gasteiger partial charge is 0.334 e. The first-order valence-corrected chi connectivity index (χ1v) is 7.72. The molecule has 0 aliphatic rings. The maximum atomic E-state index is 13.4. The third kappa shape index (κ3) is 3.15. The highest BCUT2D eigenvalue weighted by Crippen LogP contribution is 2.22. The monoisotopic (exact) mass is 342 g/mol. The van der Waals surface area contributed by atoms with Crippen LogP contribution in [0.25, 0.3) is 10.8 Å². The van der Waals surface area contributed by atoms with E-state index in [0.29, 0.717) is 16.3 Å². The zero-order chi connectivity index (χ0) is 18.1. The third-order valence-electron chi connectivity index (χ3n) is 4.31. The quantitative estimate of drug-likeness (QED) is 0.790. The number of aromatic amines is 1. The number of carbonyl (C=O) groups is 1. The minimum atomic E-state index is -0.968. The van der Waals surface area contributed by atoms with Gasteiger partial charge in [0.1, 0.15) is 5.69 Å². The summed E-state index contributed by atoms with van der Waals surface area (Å²) < 4.78 is 26.5. The van der Waals surface area contributed by atoms with Crippen molar-refractivity contribution in [2.45, 2.75) is 13.0 Å². The van der Waals surface area contributed by atoms with Gasteiger partial charge in [-0.1, -0.05) is 24.3 Å². The standard InChI is InChI=1S/C19H16F2N2O2/c1-11(12-7-8-15(20)16(21)9-12)23(2)19(25)17-10-13-5-3-4-6-14(13)18(24)22-17/h3-11H,1-2H3,(H,22,24). The predicted octanol–water partition coefficient (Wildman–Crippen LogP) is 3.64. The highest BCUT2D eigenvalue weighted by Gasteiger charge is 2.21. The van der Waals surface area contributed by atoms with Gasteiger partial charge in [-0.2, -0.15) is 0 Å². The van der Waals surface area contributed by atoms with Crippen LogP contribution in [0, 0.1) is 11.6 Å². The molecule has 0 aliphatic heterocycles. The second-order valence-electron chi connectivity index (χ2n) is 5.86. The summed E-state index contributed by atoms with van der Waals surface area (Å²) in [5.74, 6) is -2.33. The number of H-pyrrole nitrogens is 1. The summed E-state index contributed by atoms with van der Waals surface area (Å²) >= 11 is 0. The number of nitrogens with one attached hydrogen (secondary N) is 1. The van der Waals surface area contributed by atoms with E-state index >= 15 is 0 Å². The maximum Gasteiger partial charge on any atom is 0.270 e. The van der Waals surface area contributed by atoms with Crippen molar-refractivity contribution in [1.82, 2.24) is 9.88 Å². The average Bonchev–Trinajstić information content (AvgIpc) is 2.62. The predicted molar refractivity (Wildman–Crippen MR) is 91.4 cm³/mol. The van der Waals surface area contributed by atoms with Gasteiger partial charge < -0.3 is 9.88 Å². The number of hydrogen-bond acceptors (Lipinski definition) is 2. The van der Waals surface area contributed by atoms with Gasteiger partial charge in [-0.3, -0.25) is 9.59 Å². The number of pyridine rings is 1. The lowest BCUT2D eigenvalue weighted by Gasteiger charge is -2.25. The minimum Gasteiger partial charge on any atom is -0.334 e. The molecule has 0 spiro atoms. The van der Waals surface area contributed by atoms with E-state index in [4.69, 9.17) is 0 Å². The molecule has 1 amide bonds. The van der Waals surface area contributed by atoms with E-state index in [2.05, 4.69) is 4.98 Å². The van der Waals surface area contributed by atoms with Gasteiger partial charge in [0, 0.05) is 12.4 Å². The first-order valence-electron chi connectivity index (χ1n) is 7.72. The Balaban J connectivity index is 1.94. The average molecular weight is 342 g/mol. The van der Waals surface area contributed by atoms with Gasteiger partial charge in [-0.15, -0.1) is 0 Å². The molecule has 6 heteroatoms. The first kappa shape index (κ1) is 16.8. The van der Waals surface area contributed by atoms with Gasteiger partial charge in [0.2, 0.25) is 0 Å². The summed E-state index contributed by atoms with van der Waals surface area (Å²) in [6.45, 7) is 1.70. The van der Waals surface area contributed by atoms with Gasteiger partial charge in [-0.05, 0) is 42.1 Å². The molecule has 0 saturated carbocycles. The zero-order valence-electron chi connectivity index (χ0n) is 13.7. The Morgan fingerprint density at radius 2 is 1.80 bits per heavy atom. The van der Waals surface area contributed by atoms with Crippen LogP contribution < -0.4 is 5.56 Å². The van der Waals surface area contributed by atoms with E-state index in [1.165, 1.54) is 11.0 Å². The lowest BCUT2D eigenvalue weighted by atomic mass is 10.1. The Bertz CT molecular complexity index is 1010. The van der Waals surface area contributed by atoms with Crippen LogP contribution in [-0.4, -0.2) is 22.8 Å².